The van der Waals surface area contributed by atoms with Gasteiger partial charge in [-0.25, -0.2) is 0 Å². The summed E-state index contributed by atoms with van der Waals surface area (Å²) in [5.74, 6) is 0.386. The Morgan fingerprint density at radius 2 is 2.06 bits per heavy atom. The normalized spacial score (nSPS) is 27.7. The van der Waals surface area contributed by atoms with E-state index in [1.54, 1.807) is 6.92 Å². The van der Waals surface area contributed by atoms with Crippen LogP contribution in [0.2, 0.25) is 0 Å². The molecular formula is C13H26N2O3. The van der Waals surface area contributed by atoms with Gasteiger partial charge >= 0.3 is 0 Å². The smallest absolute Gasteiger partial charge is 0.234 e. The molecule has 0 aromatic rings. The van der Waals surface area contributed by atoms with Crippen molar-refractivity contribution in [2.45, 2.75) is 57.8 Å². The van der Waals surface area contributed by atoms with Gasteiger partial charge in [0.25, 0.3) is 0 Å². The van der Waals surface area contributed by atoms with Gasteiger partial charge in [-0.05, 0) is 38.5 Å². The average Bonchev–Trinajstić information content (AvgIpc) is 2.35. The Bertz CT molecular complexity index is 253. The molecule has 0 saturated heterocycles. The number of carbonyl (C=O) groups excluding carboxylic acids is 1. The predicted octanol–water partition coefficient (Wildman–Crippen LogP) is 0.406. The summed E-state index contributed by atoms with van der Waals surface area (Å²) in [6, 6.07) is -0.421. The first-order chi connectivity index (χ1) is 8.49. The summed E-state index contributed by atoms with van der Waals surface area (Å²) in [7, 11) is 0. The molecule has 4 N–H and O–H groups in total. The summed E-state index contributed by atoms with van der Waals surface area (Å²) in [6.07, 6.45) is 4.27. The molecule has 0 aromatic carbocycles. The van der Waals surface area contributed by atoms with Crippen molar-refractivity contribution in [1.29, 1.82) is 0 Å². The van der Waals surface area contributed by atoms with Crippen LogP contribution in [0, 0.1) is 5.92 Å². The van der Waals surface area contributed by atoms with Crippen LogP contribution in [0.1, 0.15) is 39.5 Å². The van der Waals surface area contributed by atoms with E-state index in [4.69, 9.17) is 10.5 Å². The van der Waals surface area contributed by atoms with E-state index >= 15 is 0 Å². The molecule has 1 rings (SSSR count). The first-order valence-corrected chi connectivity index (χ1v) is 6.81. The minimum Gasteiger partial charge on any atom is -0.389 e. The molecular weight excluding hydrogens is 232 g/mol. The topological polar surface area (TPSA) is 84.6 Å². The van der Waals surface area contributed by atoms with E-state index in [1.165, 1.54) is 12.8 Å². The second-order valence-electron chi connectivity index (χ2n) is 5.40. The summed E-state index contributed by atoms with van der Waals surface area (Å²) < 4.78 is 5.68. The lowest BCUT2D eigenvalue weighted by Crippen LogP contribution is -2.43. The van der Waals surface area contributed by atoms with Crippen molar-refractivity contribution in [1.82, 2.24) is 5.32 Å². The van der Waals surface area contributed by atoms with E-state index in [0.717, 1.165) is 18.8 Å². The third-order valence-electron chi connectivity index (χ3n) is 3.57. The zero-order chi connectivity index (χ0) is 13.5. The molecule has 0 aromatic heterocycles. The van der Waals surface area contributed by atoms with E-state index in [2.05, 4.69) is 12.2 Å². The van der Waals surface area contributed by atoms with Crippen molar-refractivity contribution in [2.24, 2.45) is 11.7 Å². The monoisotopic (exact) mass is 258 g/mol. The van der Waals surface area contributed by atoms with Gasteiger partial charge in [-0.2, -0.15) is 0 Å². The molecule has 1 aliphatic carbocycles. The van der Waals surface area contributed by atoms with Gasteiger partial charge in [-0.3, -0.25) is 4.79 Å². The van der Waals surface area contributed by atoms with Gasteiger partial charge in [0.15, 0.2) is 0 Å². The Morgan fingerprint density at radius 3 is 2.61 bits per heavy atom. The maximum absolute atomic E-state index is 10.8. The van der Waals surface area contributed by atoms with E-state index in [9.17, 15) is 9.90 Å². The van der Waals surface area contributed by atoms with Gasteiger partial charge in [0.05, 0.1) is 24.9 Å². The molecule has 106 valence electrons. The first kappa shape index (κ1) is 15.4. The van der Waals surface area contributed by atoms with Gasteiger partial charge in [-0.1, -0.05) is 6.92 Å². The van der Waals surface area contributed by atoms with E-state index in [-0.39, 0.29) is 6.10 Å². The number of aliphatic hydroxyl groups excluding tert-OH is 1. The Hall–Kier alpha value is -0.650. The standard InChI is InChI=1S/C13H26N2O3/c1-9-3-5-12(6-4-9)18-8-11(16)7-15-10(2)13(14)17/h9-12,15-16H,3-8H2,1-2H3,(H2,14,17). The van der Waals surface area contributed by atoms with Crippen LogP contribution in [0.3, 0.4) is 0 Å². The van der Waals surface area contributed by atoms with Crippen LogP contribution in [0.15, 0.2) is 0 Å². The van der Waals surface area contributed by atoms with Gasteiger partial charge in [0.1, 0.15) is 0 Å². The summed E-state index contributed by atoms with van der Waals surface area (Å²) in [5, 5.41) is 12.6. The molecule has 18 heavy (non-hydrogen) atoms. The summed E-state index contributed by atoms with van der Waals surface area (Å²) in [6.45, 7) is 4.59. The van der Waals surface area contributed by atoms with Gasteiger partial charge < -0.3 is 20.9 Å². The van der Waals surface area contributed by atoms with Crippen molar-refractivity contribution in [2.75, 3.05) is 13.2 Å². The van der Waals surface area contributed by atoms with Crippen LogP contribution < -0.4 is 11.1 Å². The highest BCUT2D eigenvalue weighted by Crippen LogP contribution is 2.25. The Labute approximate surface area is 109 Å². The molecule has 1 aliphatic rings. The van der Waals surface area contributed by atoms with E-state index < -0.39 is 18.1 Å². The zero-order valence-electron chi connectivity index (χ0n) is 11.4. The molecule has 5 heteroatoms. The predicted molar refractivity (Wildman–Crippen MR) is 70.0 cm³/mol. The molecule has 0 spiro atoms. The molecule has 0 bridgehead atoms. The maximum atomic E-state index is 10.8. The second kappa shape index (κ2) is 7.71. The van der Waals surface area contributed by atoms with Crippen molar-refractivity contribution >= 4 is 5.91 Å². The highest BCUT2D eigenvalue weighted by atomic mass is 16.5. The molecule has 0 radical (unpaired) electrons. The maximum Gasteiger partial charge on any atom is 0.234 e. The number of aliphatic hydroxyl groups is 1. The van der Waals surface area contributed by atoms with Crippen molar-refractivity contribution in [3.8, 4) is 0 Å². The van der Waals surface area contributed by atoms with E-state index in [1.807, 2.05) is 0 Å². The lowest BCUT2D eigenvalue weighted by molar-refractivity contribution is -0.119. The molecule has 1 fully saturated rings. The minimum absolute atomic E-state index is 0.282. The van der Waals surface area contributed by atoms with E-state index in [0.29, 0.717) is 13.2 Å². The highest BCUT2D eigenvalue weighted by Gasteiger charge is 2.19. The average molecular weight is 258 g/mol. The number of rotatable bonds is 7. The SMILES string of the molecule is CC1CCC(OCC(O)CNC(C)C(N)=O)CC1. The Balaban J connectivity index is 2.09. The lowest BCUT2D eigenvalue weighted by atomic mass is 9.89. The fourth-order valence-corrected chi connectivity index (χ4v) is 2.12. The number of primary amides is 1. The number of nitrogens with two attached hydrogens (primary N) is 1. The van der Waals surface area contributed by atoms with Gasteiger partial charge in [-0.15, -0.1) is 0 Å². The van der Waals surface area contributed by atoms with Crippen LogP contribution >= 0.6 is 0 Å². The molecule has 2 atom stereocenters. The summed E-state index contributed by atoms with van der Waals surface area (Å²) in [4.78, 5) is 10.8. The highest BCUT2D eigenvalue weighted by molar-refractivity contribution is 5.79. The molecule has 2 unspecified atom stereocenters. The molecule has 0 aliphatic heterocycles. The molecule has 1 amide bonds. The summed E-state index contributed by atoms with van der Waals surface area (Å²) >= 11 is 0. The number of amides is 1. The molecule has 0 heterocycles. The first-order valence-electron chi connectivity index (χ1n) is 6.81. The van der Waals surface area contributed by atoms with Crippen LogP contribution in [-0.4, -0.2) is 42.4 Å². The van der Waals surface area contributed by atoms with Crippen LogP contribution in [-0.2, 0) is 9.53 Å². The number of nitrogens with one attached hydrogen (secondary N) is 1. The minimum atomic E-state index is -0.592. The quantitative estimate of drug-likeness (QED) is 0.617. The van der Waals surface area contributed by atoms with Crippen LogP contribution in [0.4, 0.5) is 0 Å². The zero-order valence-corrected chi connectivity index (χ0v) is 11.4. The number of hydrogen-bond acceptors (Lipinski definition) is 4. The Morgan fingerprint density at radius 1 is 1.44 bits per heavy atom. The van der Waals surface area contributed by atoms with Crippen molar-refractivity contribution in [3.63, 3.8) is 0 Å². The largest absolute Gasteiger partial charge is 0.389 e. The lowest BCUT2D eigenvalue weighted by Gasteiger charge is -2.27. The molecule has 1 saturated carbocycles. The fraction of sp³-hybridized carbons (Fsp3) is 0.923. The molecule has 5 nitrogen and oxygen atoms in total. The third kappa shape index (κ3) is 5.80. The van der Waals surface area contributed by atoms with Gasteiger partial charge in [0.2, 0.25) is 5.91 Å². The van der Waals surface area contributed by atoms with Crippen molar-refractivity contribution < 1.29 is 14.6 Å². The third-order valence-corrected chi connectivity index (χ3v) is 3.57. The Kier molecular flexibility index (Phi) is 6.60. The van der Waals surface area contributed by atoms with Gasteiger partial charge in [0, 0.05) is 6.54 Å². The number of hydrogen-bond donors (Lipinski definition) is 3. The van der Waals surface area contributed by atoms with Crippen LogP contribution in [0.5, 0.6) is 0 Å². The second-order valence-corrected chi connectivity index (χ2v) is 5.40. The van der Waals surface area contributed by atoms with Crippen LogP contribution in [0.25, 0.3) is 0 Å². The number of ether oxygens (including phenoxy) is 1. The fourth-order valence-electron chi connectivity index (χ4n) is 2.12. The van der Waals surface area contributed by atoms with Crippen molar-refractivity contribution in [3.05, 3.63) is 0 Å². The number of carbonyl (C=O) groups is 1. The summed E-state index contributed by atoms with van der Waals surface area (Å²) in [5.41, 5.74) is 5.11.